The average molecular weight is 288 g/mol. The van der Waals surface area contributed by atoms with Crippen molar-refractivity contribution >= 4 is 23.2 Å². The number of aliphatic hydroxyl groups excluding tert-OH is 1. The van der Waals surface area contributed by atoms with Gasteiger partial charge in [-0.25, -0.2) is 0 Å². The van der Waals surface area contributed by atoms with Crippen molar-refractivity contribution < 1.29 is 5.11 Å². The quantitative estimate of drug-likeness (QED) is 0.893. The maximum atomic E-state index is 9.37. The van der Waals surface area contributed by atoms with Gasteiger partial charge in [-0.1, -0.05) is 35.7 Å². The van der Waals surface area contributed by atoms with E-state index in [4.69, 9.17) is 23.2 Å². The van der Waals surface area contributed by atoms with E-state index in [9.17, 15) is 5.11 Å². The highest BCUT2D eigenvalue weighted by Crippen LogP contribution is 2.37. The highest BCUT2D eigenvalue weighted by atomic mass is 35.5. The fraction of sp³-hybridized carbons (Fsp3) is 0.571. The average Bonchev–Trinajstić information content (AvgIpc) is 2.60. The van der Waals surface area contributed by atoms with E-state index in [-0.39, 0.29) is 12.0 Å². The van der Waals surface area contributed by atoms with Crippen LogP contribution in [-0.2, 0) is 5.41 Å². The fourth-order valence-corrected chi connectivity index (χ4v) is 3.07. The van der Waals surface area contributed by atoms with Gasteiger partial charge in [-0.2, -0.15) is 0 Å². The van der Waals surface area contributed by atoms with Gasteiger partial charge in [0.25, 0.3) is 0 Å². The van der Waals surface area contributed by atoms with Crippen LogP contribution in [0.3, 0.4) is 0 Å². The molecule has 0 saturated carbocycles. The fourth-order valence-electron chi connectivity index (χ4n) is 2.77. The first-order chi connectivity index (χ1) is 8.68. The molecule has 0 radical (unpaired) electrons. The molecule has 0 unspecified atom stereocenters. The monoisotopic (exact) mass is 287 g/mol. The van der Waals surface area contributed by atoms with Crippen LogP contribution in [0.25, 0.3) is 0 Å². The van der Waals surface area contributed by atoms with Crippen LogP contribution in [0.1, 0.15) is 31.2 Å². The lowest BCUT2D eigenvalue weighted by Crippen LogP contribution is -2.37. The Morgan fingerprint density at radius 1 is 1.22 bits per heavy atom. The van der Waals surface area contributed by atoms with E-state index in [0.29, 0.717) is 10.0 Å². The van der Waals surface area contributed by atoms with Gasteiger partial charge in [-0.15, -0.1) is 0 Å². The molecule has 1 aromatic rings. The van der Waals surface area contributed by atoms with Gasteiger partial charge in [-0.3, -0.25) is 0 Å². The van der Waals surface area contributed by atoms with Crippen LogP contribution < -0.4 is 5.32 Å². The first-order valence-corrected chi connectivity index (χ1v) is 7.21. The van der Waals surface area contributed by atoms with E-state index >= 15 is 0 Å². The summed E-state index contributed by atoms with van der Waals surface area (Å²) < 4.78 is 0. The summed E-state index contributed by atoms with van der Waals surface area (Å²) in [5.74, 6) is 0. The molecular weight excluding hydrogens is 269 g/mol. The van der Waals surface area contributed by atoms with E-state index in [1.54, 1.807) is 0 Å². The van der Waals surface area contributed by atoms with Crippen LogP contribution in [0.4, 0.5) is 0 Å². The van der Waals surface area contributed by atoms with Crippen molar-refractivity contribution in [2.45, 2.75) is 31.1 Å². The van der Waals surface area contributed by atoms with Crippen LogP contribution in [0.2, 0.25) is 10.0 Å². The van der Waals surface area contributed by atoms with Gasteiger partial charge >= 0.3 is 0 Å². The van der Waals surface area contributed by atoms with Gasteiger partial charge in [0, 0.05) is 18.6 Å². The minimum atomic E-state index is -0.0144. The summed E-state index contributed by atoms with van der Waals surface area (Å²) in [6, 6.07) is 5.84. The SMILES string of the molecule is OCC[C@@]1(c2ccc(Cl)c(Cl)c2)CCCCNC1. The smallest absolute Gasteiger partial charge is 0.0595 e. The molecule has 100 valence electrons. The highest BCUT2D eigenvalue weighted by molar-refractivity contribution is 6.42. The van der Waals surface area contributed by atoms with Crippen molar-refractivity contribution in [1.29, 1.82) is 0 Å². The lowest BCUT2D eigenvalue weighted by atomic mass is 9.74. The summed E-state index contributed by atoms with van der Waals surface area (Å²) in [6.07, 6.45) is 4.21. The first-order valence-electron chi connectivity index (χ1n) is 6.45. The zero-order valence-electron chi connectivity index (χ0n) is 10.4. The molecular formula is C14H19Cl2NO. The Morgan fingerprint density at radius 3 is 2.78 bits per heavy atom. The Morgan fingerprint density at radius 2 is 2.06 bits per heavy atom. The maximum Gasteiger partial charge on any atom is 0.0595 e. The predicted molar refractivity (Wildman–Crippen MR) is 76.6 cm³/mol. The summed E-state index contributed by atoms with van der Waals surface area (Å²) >= 11 is 12.1. The highest BCUT2D eigenvalue weighted by Gasteiger charge is 2.32. The topological polar surface area (TPSA) is 32.3 Å². The predicted octanol–water partition coefficient (Wildman–Crippen LogP) is 3.39. The molecule has 0 aromatic heterocycles. The van der Waals surface area contributed by atoms with Crippen molar-refractivity contribution in [3.63, 3.8) is 0 Å². The van der Waals surface area contributed by atoms with Gasteiger partial charge < -0.3 is 10.4 Å². The summed E-state index contributed by atoms with van der Waals surface area (Å²) in [5, 5.41) is 14.0. The van der Waals surface area contributed by atoms with Crippen molar-refractivity contribution in [1.82, 2.24) is 5.32 Å². The summed E-state index contributed by atoms with van der Waals surface area (Å²) in [5.41, 5.74) is 1.17. The molecule has 1 fully saturated rings. The second-order valence-corrected chi connectivity index (χ2v) is 5.83. The van der Waals surface area contributed by atoms with E-state index in [2.05, 4.69) is 5.32 Å². The Bertz CT molecular complexity index is 401. The molecule has 1 heterocycles. The number of aliphatic hydroxyl groups is 1. The van der Waals surface area contributed by atoms with Gasteiger partial charge in [0.15, 0.2) is 0 Å². The Hall–Kier alpha value is -0.280. The molecule has 1 atom stereocenters. The van der Waals surface area contributed by atoms with E-state index in [0.717, 1.165) is 25.9 Å². The van der Waals surface area contributed by atoms with E-state index < -0.39 is 0 Å². The normalized spacial score (nSPS) is 24.8. The van der Waals surface area contributed by atoms with Gasteiger partial charge in [0.2, 0.25) is 0 Å². The number of hydrogen-bond acceptors (Lipinski definition) is 2. The van der Waals surface area contributed by atoms with Crippen LogP contribution in [0.5, 0.6) is 0 Å². The first kappa shape index (κ1) is 14.1. The lowest BCUT2D eigenvalue weighted by Gasteiger charge is -2.33. The summed E-state index contributed by atoms with van der Waals surface area (Å²) in [7, 11) is 0. The van der Waals surface area contributed by atoms with Crippen molar-refractivity contribution in [2.24, 2.45) is 0 Å². The van der Waals surface area contributed by atoms with Crippen LogP contribution in [-0.4, -0.2) is 24.8 Å². The molecule has 18 heavy (non-hydrogen) atoms. The molecule has 1 aliphatic heterocycles. The number of nitrogens with one attached hydrogen (secondary N) is 1. The Balaban J connectivity index is 2.35. The number of hydrogen-bond donors (Lipinski definition) is 2. The van der Waals surface area contributed by atoms with Crippen molar-refractivity contribution in [2.75, 3.05) is 19.7 Å². The molecule has 0 amide bonds. The van der Waals surface area contributed by atoms with E-state index in [1.165, 1.54) is 18.4 Å². The van der Waals surface area contributed by atoms with Crippen LogP contribution >= 0.6 is 23.2 Å². The molecule has 1 saturated heterocycles. The lowest BCUT2D eigenvalue weighted by molar-refractivity contribution is 0.228. The number of rotatable bonds is 3. The summed E-state index contributed by atoms with van der Waals surface area (Å²) in [6.45, 7) is 2.14. The Labute approximate surface area is 118 Å². The molecule has 2 rings (SSSR count). The third kappa shape index (κ3) is 3.00. The third-order valence-electron chi connectivity index (χ3n) is 3.84. The van der Waals surface area contributed by atoms with Gasteiger partial charge in [0.1, 0.15) is 0 Å². The van der Waals surface area contributed by atoms with E-state index in [1.807, 2.05) is 18.2 Å². The zero-order chi connectivity index (χ0) is 13.0. The van der Waals surface area contributed by atoms with Crippen LogP contribution in [0, 0.1) is 0 Å². The zero-order valence-corrected chi connectivity index (χ0v) is 11.9. The second-order valence-electron chi connectivity index (χ2n) is 5.02. The number of halogens is 2. The standard InChI is InChI=1S/C14H19Cl2NO/c15-12-4-3-11(9-13(12)16)14(6-8-18)5-1-2-7-17-10-14/h3-4,9,17-18H,1-2,5-8,10H2/t14-/m0/s1. The molecule has 0 aliphatic carbocycles. The van der Waals surface area contributed by atoms with Gasteiger partial charge in [-0.05, 0) is 43.5 Å². The van der Waals surface area contributed by atoms with Gasteiger partial charge in [0.05, 0.1) is 10.0 Å². The number of benzene rings is 1. The van der Waals surface area contributed by atoms with Crippen LogP contribution in [0.15, 0.2) is 18.2 Å². The minimum absolute atomic E-state index is 0.0144. The summed E-state index contributed by atoms with van der Waals surface area (Å²) in [4.78, 5) is 0. The molecule has 0 bridgehead atoms. The van der Waals surface area contributed by atoms with Crippen molar-refractivity contribution in [3.8, 4) is 0 Å². The van der Waals surface area contributed by atoms with Crippen molar-refractivity contribution in [3.05, 3.63) is 33.8 Å². The third-order valence-corrected chi connectivity index (χ3v) is 4.58. The molecule has 2 nitrogen and oxygen atoms in total. The molecule has 1 aromatic carbocycles. The minimum Gasteiger partial charge on any atom is -0.396 e. The molecule has 2 N–H and O–H groups in total. The molecule has 4 heteroatoms. The molecule has 0 spiro atoms. The maximum absolute atomic E-state index is 9.37. The molecule has 1 aliphatic rings. The second kappa shape index (κ2) is 6.25. The largest absolute Gasteiger partial charge is 0.396 e. The Kier molecular flexibility index (Phi) is 4.91.